The maximum Gasteiger partial charge on any atom is 0.311 e. The van der Waals surface area contributed by atoms with E-state index in [-0.39, 0.29) is 12.4 Å². The first-order valence-corrected chi connectivity index (χ1v) is 9.34. The highest BCUT2D eigenvalue weighted by molar-refractivity contribution is 6.68. The SMILES string of the molecule is CC(=O)OCCc1ccccc1.O=C(O)C(Cc1ccccc1)C(Cl)(Cl)Cl. The smallest absolute Gasteiger partial charge is 0.311 e. The Morgan fingerprint density at radius 1 is 0.963 bits per heavy atom. The van der Waals surface area contributed by atoms with E-state index in [2.05, 4.69) is 0 Å². The Bertz CT molecular complexity index is 700. The highest BCUT2D eigenvalue weighted by Gasteiger charge is 2.38. The van der Waals surface area contributed by atoms with E-state index in [0.717, 1.165) is 12.0 Å². The second-order valence-electron chi connectivity index (χ2n) is 5.70. The number of ether oxygens (including phenoxy) is 1. The Morgan fingerprint density at radius 2 is 1.44 bits per heavy atom. The zero-order valence-electron chi connectivity index (χ0n) is 14.8. The predicted molar refractivity (Wildman–Crippen MR) is 108 cm³/mol. The maximum absolute atomic E-state index is 10.9. The lowest BCUT2D eigenvalue weighted by molar-refractivity contribution is -0.142. The molecule has 0 heterocycles. The van der Waals surface area contributed by atoms with Crippen LogP contribution < -0.4 is 0 Å². The van der Waals surface area contributed by atoms with Crippen LogP contribution in [0.5, 0.6) is 0 Å². The van der Waals surface area contributed by atoms with Crippen molar-refractivity contribution >= 4 is 46.7 Å². The van der Waals surface area contributed by atoms with Gasteiger partial charge in [-0.05, 0) is 17.5 Å². The number of aliphatic carboxylic acids is 1. The molecule has 0 amide bonds. The number of carbonyl (C=O) groups excluding carboxylic acids is 1. The van der Waals surface area contributed by atoms with Gasteiger partial charge in [0.25, 0.3) is 0 Å². The monoisotopic (exact) mass is 430 g/mol. The predicted octanol–water partition coefficient (Wildman–Crippen LogP) is 5.09. The van der Waals surface area contributed by atoms with Gasteiger partial charge in [0, 0.05) is 13.3 Å². The number of halogens is 3. The van der Waals surface area contributed by atoms with Gasteiger partial charge in [-0.2, -0.15) is 0 Å². The van der Waals surface area contributed by atoms with Crippen LogP contribution in [0.1, 0.15) is 18.1 Å². The summed E-state index contributed by atoms with van der Waals surface area (Å²) in [5.74, 6) is -2.37. The normalized spacial score (nSPS) is 11.7. The highest BCUT2D eigenvalue weighted by Crippen LogP contribution is 2.37. The van der Waals surface area contributed by atoms with Crippen molar-refractivity contribution in [2.75, 3.05) is 6.61 Å². The molecule has 27 heavy (non-hydrogen) atoms. The van der Waals surface area contributed by atoms with Crippen molar-refractivity contribution < 1.29 is 19.4 Å². The second-order valence-corrected chi connectivity index (χ2v) is 8.07. The number of esters is 1. The molecule has 146 valence electrons. The van der Waals surface area contributed by atoms with Crippen LogP contribution in [0.2, 0.25) is 0 Å². The molecule has 0 aliphatic carbocycles. The number of rotatable bonds is 6. The largest absolute Gasteiger partial charge is 0.481 e. The van der Waals surface area contributed by atoms with Crippen LogP contribution in [0.3, 0.4) is 0 Å². The summed E-state index contributed by atoms with van der Waals surface area (Å²) < 4.78 is 3.02. The summed E-state index contributed by atoms with van der Waals surface area (Å²) in [7, 11) is 0. The molecule has 0 aliphatic heterocycles. The van der Waals surface area contributed by atoms with Gasteiger partial charge in [-0.15, -0.1) is 0 Å². The quantitative estimate of drug-likeness (QED) is 0.511. The van der Waals surface area contributed by atoms with Gasteiger partial charge in [0.05, 0.1) is 6.61 Å². The van der Waals surface area contributed by atoms with Gasteiger partial charge in [-0.25, -0.2) is 0 Å². The van der Waals surface area contributed by atoms with E-state index in [1.54, 1.807) is 12.1 Å². The summed E-state index contributed by atoms with van der Waals surface area (Å²) in [4.78, 5) is 21.3. The van der Waals surface area contributed by atoms with Crippen molar-refractivity contribution in [3.8, 4) is 0 Å². The third-order valence-corrected chi connectivity index (χ3v) is 4.30. The van der Waals surface area contributed by atoms with E-state index >= 15 is 0 Å². The molecular weight excluding hydrogens is 411 g/mol. The number of alkyl halides is 3. The van der Waals surface area contributed by atoms with Crippen LogP contribution in [0.25, 0.3) is 0 Å². The first-order valence-electron chi connectivity index (χ1n) is 8.21. The lowest BCUT2D eigenvalue weighted by Crippen LogP contribution is -2.29. The van der Waals surface area contributed by atoms with E-state index in [4.69, 9.17) is 44.6 Å². The van der Waals surface area contributed by atoms with Gasteiger partial charge >= 0.3 is 11.9 Å². The summed E-state index contributed by atoms with van der Waals surface area (Å²) in [5, 5.41) is 8.92. The maximum atomic E-state index is 10.9. The van der Waals surface area contributed by atoms with E-state index < -0.39 is 15.7 Å². The van der Waals surface area contributed by atoms with Gasteiger partial charge in [-0.1, -0.05) is 95.5 Å². The molecule has 2 aromatic rings. The summed E-state index contributed by atoms with van der Waals surface area (Å²) in [6.07, 6.45) is 0.993. The fourth-order valence-electron chi connectivity index (χ4n) is 2.15. The third kappa shape index (κ3) is 10.2. The van der Waals surface area contributed by atoms with Crippen LogP contribution >= 0.6 is 34.8 Å². The molecule has 7 heteroatoms. The molecule has 2 aromatic carbocycles. The van der Waals surface area contributed by atoms with E-state index in [9.17, 15) is 9.59 Å². The lowest BCUT2D eigenvalue weighted by Gasteiger charge is -2.20. The topological polar surface area (TPSA) is 63.6 Å². The van der Waals surface area contributed by atoms with E-state index in [1.165, 1.54) is 12.5 Å². The summed E-state index contributed by atoms with van der Waals surface area (Å²) in [6.45, 7) is 1.89. The molecule has 0 aromatic heterocycles. The number of hydrogen-bond donors (Lipinski definition) is 1. The van der Waals surface area contributed by atoms with Crippen LogP contribution in [0.15, 0.2) is 60.7 Å². The van der Waals surface area contributed by atoms with Crippen molar-refractivity contribution in [3.05, 3.63) is 71.8 Å². The zero-order valence-corrected chi connectivity index (χ0v) is 17.0. The van der Waals surface area contributed by atoms with E-state index in [0.29, 0.717) is 6.61 Å². The summed E-state index contributed by atoms with van der Waals surface area (Å²) in [6, 6.07) is 19.0. The Labute approximate surface area is 174 Å². The van der Waals surface area contributed by atoms with Crippen molar-refractivity contribution in [1.29, 1.82) is 0 Å². The number of carboxylic acid groups (broad SMARTS) is 1. The average molecular weight is 432 g/mol. The molecule has 2 rings (SSSR count). The Hall–Kier alpha value is -1.75. The molecule has 1 N–H and O–H groups in total. The molecule has 1 atom stereocenters. The zero-order chi connectivity index (χ0) is 20.3. The minimum absolute atomic E-state index is 0.201. The summed E-state index contributed by atoms with van der Waals surface area (Å²) >= 11 is 16.8. The van der Waals surface area contributed by atoms with Gasteiger partial charge < -0.3 is 9.84 Å². The number of hydrogen-bond acceptors (Lipinski definition) is 3. The Morgan fingerprint density at radius 3 is 1.85 bits per heavy atom. The molecule has 0 spiro atoms. The van der Waals surface area contributed by atoms with Crippen molar-refractivity contribution in [1.82, 2.24) is 0 Å². The van der Waals surface area contributed by atoms with E-state index in [1.807, 2.05) is 48.5 Å². The fourth-order valence-corrected chi connectivity index (χ4v) is 2.66. The molecule has 0 radical (unpaired) electrons. The Kier molecular flexibility index (Phi) is 10.2. The van der Waals surface area contributed by atoms with Crippen molar-refractivity contribution in [3.63, 3.8) is 0 Å². The van der Waals surface area contributed by atoms with Gasteiger partial charge in [0.2, 0.25) is 3.79 Å². The molecule has 0 saturated carbocycles. The molecule has 0 saturated heterocycles. The number of carboxylic acids is 1. The molecule has 0 fully saturated rings. The minimum Gasteiger partial charge on any atom is -0.481 e. The minimum atomic E-state index is -1.79. The van der Waals surface area contributed by atoms with Crippen LogP contribution in [0, 0.1) is 5.92 Å². The number of carbonyl (C=O) groups is 2. The van der Waals surface area contributed by atoms with Crippen LogP contribution in [-0.4, -0.2) is 27.4 Å². The number of benzene rings is 2. The fraction of sp³-hybridized carbons (Fsp3) is 0.300. The summed E-state index contributed by atoms with van der Waals surface area (Å²) in [5.41, 5.74) is 2.02. The molecule has 4 nitrogen and oxygen atoms in total. The highest BCUT2D eigenvalue weighted by atomic mass is 35.6. The first kappa shape index (κ1) is 23.3. The Balaban J connectivity index is 0.000000277. The van der Waals surface area contributed by atoms with Crippen molar-refractivity contribution in [2.45, 2.75) is 23.6 Å². The standard InChI is InChI=1S/C10H9Cl3O2.C10H12O2/c11-10(12,13)8(9(14)15)6-7-4-2-1-3-5-7;1-9(11)12-8-7-10-5-3-2-4-6-10/h1-5,8H,6H2,(H,14,15);2-6H,7-8H2,1H3. The lowest BCUT2D eigenvalue weighted by atomic mass is 10.0. The average Bonchev–Trinajstić information content (AvgIpc) is 2.60. The van der Waals surface area contributed by atoms with Crippen molar-refractivity contribution in [2.24, 2.45) is 5.92 Å². The third-order valence-electron chi connectivity index (χ3n) is 3.51. The molecule has 1 unspecified atom stereocenters. The van der Waals surface area contributed by atoms with Gasteiger partial charge in [0.15, 0.2) is 0 Å². The molecule has 0 bridgehead atoms. The molecular formula is C20H21Cl3O4. The first-order chi connectivity index (χ1) is 12.7. The van der Waals surface area contributed by atoms with Gasteiger partial charge in [-0.3, -0.25) is 9.59 Å². The van der Waals surface area contributed by atoms with Crippen LogP contribution in [0.4, 0.5) is 0 Å². The molecule has 0 aliphatic rings. The van der Waals surface area contributed by atoms with Crippen LogP contribution in [-0.2, 0) is 27.2 Å². The van der Waals surface area contributed by atoms with Gasteiger partial charge in [0.1, 0.15) is 5.92 Å². The second kappa shape index (κ2) is 11.9.